The second-order valence-electron chi connectivity index (χ2n) is 6.95. The molecule has 0 amide bonds. The Morgan fingerprint density at radius 2 is 1.46 bits per heavy atom. The van der Waals surface area contributed by atoms with E-state index in [1.54, 1.807) is 0 Å². The van der Waals surface area contributed by atoms with E-state index in [0.29, 0.717) is 5.92 Å². The molecule has 1 N–H and O–H groups in total. The van der Waals surface area contributed by atoms with Crippen molar-refractivity contribution in [1.82, 2.24) is 9.80 Å². The van der Waals surface area contributed by atoms with Gasteiger partial charge in [0, 0.05) is 55.0 Å². The molecule has 0 unspecified atom stereocenters. The summed E-state index contributed by atoms with van der Waals surface area (Å²) >= 11 is 1.88. The fourth-order valence-electron chi connectivity index (χ4n) is 3.84. The van der Waals surface area contributed by atoms with E-state index in [9.17, 15) is 0 Å². The maximum Gasteiger partial charge on any atom is 0.0558 e. The smallest absolute Gasteiger partial charge is 0.0558 e. The van der Waals surface area contributed by atoms with Crippen molar-refractivity contribution in [3.8, 4) is 0 Å². The molecule has 2 aliphatic rings. The van der Waals surface area contributed by atoms with Gasteiger partial charge in [-0.05, 0) is 23.3 Å². The predicted octanol–water partition coefficient (Wildman–Crippen LogP) is 3.45. The molecule has 0 aromatic heterocycles. The summed E-state index contributed by atoms with van der Waals surface area (Å²) in [7, 11) is 0. The normalized spacial score (nSPS) is 18.8. The number of aliphatic hydroxyl groups is 1. The Balaban J connectivity index is 1.46. The van der Waals surface area contributed by atoms with E-state index < -0.39 is 0 Å². The van der Waals surface area contributed by atoms with Crippen molar-refractivity contribution in [2.75, 3.05) is 45.9 Å². The molecule has 2 aromatic carbocycles. The Kier molecular flexibility index (Phi) is 5.75. The maximum absolute atomic E-state index is 9.06. The third-order valence-electron chi connectivity index (χ3n) is 5.30. The van der Waals surface area contributed by atoms with Crippen LogP contribution >= 0.6 is 11.8 Å². The van der Waals surface area contributed by atoms with E-state index in [-0.39, 0.29) is 6.61 Å². The molecule has 0 bridgehead atoms. The lowest BCUT2D eigenvalue weighted by Gasteiger charge is -2.33. The number of allylic oxidation sites excluding steroid dienone is 1. The summed E-state index contributed by atoms with van der Waals surface area (Å²) in [6.45, 7) is 6.34. The standard InChI is InChI=1S/C22H26N2OS/c25-17-16-24-14-12-23(13-15-24)11-5-8-18-19-6-1-3-9-21(19)26-22-10-4-2-7-20(18)22/h1-10,18,25H,11-17H2. The summed E-state index contributed by atoms with van der Waals surface area (Å²) in [5.41, 5.74) is 2.83. The lowest BCUT2D eigenvalue weighted by atomic mass is 9.90. The van der Waals surface area contributed by atoms with E-state index >= 15 is 0 Å². The first-order valence-electron chi connectivity index (χ1n) is 9.43. The largest absolute Gasteiger partial charge is 0.395 e. The number of rotatable bonds is 5. The summed E-state index contributed by atoms with van der Waals surface area (Å²) in [4.78, 5) is 7.59. The highest BCUT2D eigenvalue weighted by Crippen LogP contribution is 2.46. The molecule has 4 rings (SSSR count). The van der Waals surface area contributed by atoms with Crippen molar-refractivity contribution >= 4 is 11.8 Å². The van der Waals surface area contributed by atoms with Gasteiger partial charge < -0.3 is 5.11 Å². The van der Waals surface area contributed by atoms with Crippen LogP contribution in [0.3, 0.4) is 0 Å². The van der Waals surface area contributed by atoms with Crippen LogP contribution in [0.15, 0.2) is 70.5 Å². The average molecular weight is 367 g/mol. The zero-order valence-corrected chi connectivity index (χ0v) is 15.9. The van der Waals surface area contributed by atoms with Gasteiger partial charge in [-0.25, -0.2) is 0 Å². The molecule has 2 aromatic rings. The second-order valence-corrected chi connectivity index (χ2v) is 8.03. The number of aliphatic hydroxyl groups excluding tert-OH is 1. The van der Waals surface area contributed by atoms with Gasteiger partial charge in [-0.3, -0.25) is 9.80 Å². The monoisotopic (exact) mass is 366 g/mol. The molecule has 2 aliphatic heterocycles. The fraction of sp³-hybridized carbons (Fsp3) is 0.364. The molecule has 2 heterocycles. The third-order valence-corrected chi connectivity index (χ3v) is 6.48. The topological polar surface area (TPSA) is 26.7 Å². The summed E-state index contributed by atoms with van der Waals surface area (Å²) in [6.07, 6.45) is 4.73. The summed E-state index contributed by atoms with van der Waals surface area (Å²) < 4.78 is 0. The van der Waals surface area contributed by atoms with Crippen molar-refractivity contribution in [3.05, 3.63) is 71.8 Å². The Bertz CT molecular complexity index is 723. The number of hydrogen-bond acceptors (Lipinski definition) is 4. The minimum Gasteiger partial charge on any atom is -0.395 e. The number of benzene rings is 2. The van der Waals surface area contributed by atoms with E-state index in [4.69, 9.17) is 5.11 Å². The van der Waals surface area contributed by atoms with Crippen LogP contribution in [0.5, 0.6) is 0 Å². The Morgan fingerprint density at radius 3 is 2.08 bits per heavy atom. The van der Waals surface area contributed by atoms with Crippen molar-refractivity contribution in [2.24, 2.45) is 0 Å². The highest BCUT2D eigenvalue weighted by atomic mass is 32.2. The van der Waals surface area contributed by atoms with Crippen LogP contribution in [0, 0.1) is 0 Å². The Hall–Kier alpha value is -1.59. The molecule has 4 heteroatoms. The molecular formula is C22H26N2OS. The Labute approximate surface area is 160 Å². The van der Waals surface area contributed by atoms with Crippen molar-refractivity contribution in [3.63, 3.8) is 0 Å². The summed E-state index contributed by atoms with van der Waals surface area (Å²) in [5.74, 6) is 0.347. The van der Waals surface area contributed by atoms with Crippen LogP contribution in [0.4, 0.5) is 0 Å². The van der Waals surface area contributed by atoms with Crippen molar-refractivity contribution in [2.45, 2.75) is 15.7 Å². The van der Waals surface area contributed by atoms with Crippen molar-refractivity contribution in [1.29, 1.82) is 0 Å². The van der Waals surface area contributed by atoms with Gasteiger partial charge in [0.1, 0.15) is 0 Å². The highest BCUT2D eigenvalue weighted by molar-refractivity contribution is 7.99. The molecule has 0 aliphatic carbocycles. The van der Waals surface area contributed by atoms with Crippen LogP contribution in [0.2, 0.25) is 0 Å². The van der Waals surface area contributed by atoms with Crippen LogP contribution < -0.4 is 0 Å². The number of fused-ring (bicyclic) bond motifs is 2. The molecule has 0 radical (unpaired) electrons. The predicted molar refractivity (Wildman–Crippen MR) is 108 cm³/mol. The van der Waals surface area contributed by atoms with Gasteiger partial charge in [-0.2, -0.15) is 0 Å². The molecule has 0 spiro atoms. The zero-order valence-electron chi connectivity index (χ0n) is 15.1. The molecule has 1 saturated heterocycles. The van der Waals surface area contributed by atoms with Gasteiger partial charge in [-0.1, -0.05) is 60.3 Å². The molecular weight excluding hydrogens is 340 g/mol. The van der Waals surface area contributed by atoms with Gasteiger partial charge in [0.25, 0.3) is 0 Å². The molecule has 0 atom stereocenters. The van der Waals surface area contributed by atoms with Crippen LogP contribution in [-0.4, -0.2) is 60.8 Å². The minimum absolute atomic E-state index is 0.262. The van der Waals surface area contributed by atoms with Gasteiger partial charge in [0.15, 0.2) is 0 Å². The zero-order chi connectivity index (χ0) is 17.8. The fourth-order valence-corrected chi connectivity index (χ4v) is 4.99. The molecule has 3 nitrogen and oxygen atoms in total. The first-order chi connectivity index (χ1) is 12.8. The first-order valence-corrected chi connectivity index (χ1v) is 10.2. The van der Waals surface area contributed by atoms with E-state index in [1.165, 1.54) is 20.9 Å². The Morgan fingerprint density at radius 1 is 0.885 bits per heavy atom. The van der Waals surface area contributed by atoms with Crippen LogP contribution in [0.1, 0.15) is 17.0 Å². The molecule has 136 valence electrons. The molecule has 1 fully saturated rings. The van der Waals surface area contributed by atoms with Gasteiger partial charge >= 0.3 is 0 Å². The average Bonchev–Trinajstić information content (AvgIpc) is 2.69. The SMILES string of the molecule is OCCN1CCN(CC=CC2c3ccccc3Sc3ccccc32)CC1. The minimum atomic E-state index is 0.262. The quantitative estimate of drug-likeness (QED) is 0.820. The van der Waals surface area contributed by atoms with Gasteiger partial charge in [-0.15, -0.1) is 0 Å². The first kappa shape index (κ1) is 17.8. The second kappa shape index (κ2) is 8.40. The van der Waals surface area contributed by atoms with Crippen molar-refractivity contribution < 1.29 is 5.11 Å². The van der Waals surface area contributed by atoms with Crippen LogP contribution in [0.25, 0.3) is 0 Å². The van der Waals surface area contributed by atoms with Gasteiger partial charge in [0.2, 0.25) is 0 Å². The number of β-amino-alcohol motifs (C(OH)–C–C–N with tert-alkyl or cyclic N) is 1. The summed E-state index contributed by atoms with van der Waals surface area (Å²) in [6, 6.07) is 17.6. The lowest BCUT2D eigenvalue weighted by molar-refractivity contribution is 0.120. The summed E-state index contributed by atoms with van der Waals surface area (Å²) in [5, 5.41) is 9.06. The van der Waals surface area contributed by atoms with E-state index in [1.807, 2.05) is 11.8 Å². The number of hydrogen-bond donors (Lipinski definition) is 1. The van der Waals surface area contributed by atoms with Gasteiger partial charge in [0.05, 0.1) is 6.61 Å². The van der Waals surface area contributed by atoms with E-state index in [2.05, 4.69) is 70.5 Å². The van der Waals surface area contributed by atoms with E-state index in [0.717, 1.165) is 39.3 Å². The van der Waals surface area contributed by atoms with Crippen LogP contribution in [-0.2, 0) is 0 Å². The number of piperazine rings is 1. The third kappa shape index (κ3) is 3.89. The number of nitrogens with zero attached hydrogens (tertiary/aromatic N) is 2. The maximum atomic E-state index is 9.06. The highest BCUT2D eigenvalue weighted by Gasteiger charge is 2.23. The molecule has 26 heavy (non-hydrogen) atoms. The molecule has 0 saturated carbocycles. The lowest BCUT2D eigenvalue weighted by Crippen LogP contribution is -2.47.